The maximum atomic E-state index is 13.2. The van der Waals surface area contributed by atoms with Crippen molar-refractivity contribution in [3.05, 3.63) is 131 Å². The van der Waals surface area contributed by atoms with Crippen molar-refractivity contribution in [3.63, 3.8) is 0 Å². The van der Waals surface area contributed by atoms with Gasteiger partial charge in [-0.1, -0.05) is 41.9 Å². The van der Waals surface area contributed by atoms with E-state index >= 15 is 0 Å². The molecule has 0 radical (unpaired) electrons. The topological polar surface area (TPSA) is 114 Å². The molecule has 0 aliphatic rings. The number of amides is 3. The van der Waals surface area contributed by atoms with E-state index < -0.39 is 17.8 Å². The second-order valence-electron chi connectivity index (χ2n) is 9.05. The lowest BCUT2D eigenvalue weighted by atomic mass is 10.1. The van der Waals surface area contributed by atoms with Crippen molar-refractivity contribution in [2.75, 3.05) is 23.0 Å². The molecule has 0 bridgehead atoms. The van der Waals surface area contributed by atoms with Gasteiger partial charge in [-0.05, 0) is 91.4 Å². The predicted octanol–water partition coefficient (Wildman–Crippen LogP) is 6.66. The molecule has 0 atom stereocenters. The number of hydrogen-bond acceptors (Lipinski definition) is 6. The van der Waals surface area contributed by atoms with Crippen LogP contribution in [0, 0.1) is 0 Å². The molecule has 0 aliphatic heterocycles. The molecule has 0 aromatic heterocycles. The molecule has 0 fully saturated rings. The minimum absolute atomic E-state index is 0.0431. The Morgan fingerprint density at radius 2 is 1.47 bits per heavy atom. The van der Waals surface area contributed by atoms with Crippen molar-refractivity contribution in [1.29, 1.82) is 0 Å². The summed E-state index contributed by atoms with van der Waals surface area (Å²) in [5.74, 6) is -1.41. The van der Waals surface area contributed by atoms with Gasteiger partial charge in [-0.3, -0.25) is 14.4 Å². The quantitative estimate of drug-likeness (QED) is 0.0991. The smallest absolute Gasteiger partial charge is 0.338 e. The first-order chi connectivity index (χ1) is 20.8. The van der Waals surface area contributed by atoms with Crippen LogP contribution in [0.1, 0.15) is 33.2 Å². The number of rotatable bonds is 11. The molecule has 3 amide bonds. The molecule has 0 unspecified atom stereocenters. The average Bonchev–Trinajstić information content (AvgIpc) is 3.01. The van der Waals surface area contributed by atoms with Crippen LogP contribution in [0.25, 0.3) is 6.08 Å². The molecule has 4 aromatic rings. The highest BCUT2D eigenvalue weighted by atomic mass is 35.5. The summed E-state index contributed by atoms with van der Waals surface area (Å²) in [7, 11) is 0. The molecule has 10 heteroatoms. The summed E-state index contributed by atoms with van der Waals surface area (Å²) in [6.07, 6.45) is 1.55. The highest BCUT2D eigenvalue weighted by Crippen LogP contribution is 2.22. The normalized spacial score (nSPS) is 10.9. The van der Waals surface area contributed by atoms with Crippen LogP contribution in [-0.2, 0) is 14.3 Å². The Balaban J connectivity index is 1.35. The fourth-order valence-corrected chi connectivity index (χ4v) is 4.69. The molecule has 4 aromatic carbocycles. The molecule has 3 N–H and O–H groups in total. The molecule has 0 spiro atoms. The van der Waals surface area contributed by atoms with Crippen LogP contribution < -0.4 is 16.0 Å². The summed E-state index contributed by atoms with van der Waals surface area (Å²) in [4.78, 5) is 51.1. The van der Waals surface area contributed by atoms with Gasteiger partial charge in [0.05, 0.1) is 17.9 Å². The van der Waals surface area contributed by atoms with Crippen LogP contribution in [0.15, 0.2) is 114 Å². The van der Waals surface area contributed by atoms with Crippen LogP contribution in [0.5, 0.6) is 0 Å². The number of carbonyl (C=O) groups excluding carboxylic acids is 4. The van der Waals surface area contributed by atoms with Crippen molar-refractivity contribution in [3.8, 4) is 0 Å². The third-order valence-corrected chi connectivity index (χ3v) is 7.10. The zero-order valence-corrected chi connectivity index (χ0v) is 24.7. The third-order valence-electron chi connectivity index (χ3n) is 5.85. The van der Waals surface area contributed by atoms with Crippen LogP contribution in [0.2, 0.25) is 5.02 Å². The predicted molar refractivity (Wildman–Crippen MR) is 170 cm³/mol. The molecule has 8 nitrogen and oxygen atoms in total. The summed E-state index contributed by atoms with van der Waals surface area (Å²) in [5.41, 5.74) is 2.58. The number of carbonyl (C=O) groups is 4. The Labute approximate surface area is 258 Å². The molecule has 4 rings (SSSR count). The number of anilines is 2. The number of benzene rings is 4. The maximum Gasteiger partial charge on any atom is 0.338 e. The zero-order chi connectivity index (χ0) is 30.6. The van der Waals surface area contributed by atoms with Crippen molar-refractivity contribution in [2.24, 2.45) is 0 Å². The highest BCUT2D eigenvalue weighted by Gasteiger charge is 2.15. The molecular formula is C33H28ClN3O5S. The first kappa shape index (κ1) is 31.1. The number of nitrogens with one attached hydrogen (secondary N) is 3. The van der Waals surface area contributed by atoms with E-state index in [2.05, 4.69) is 16.0 Å². The fourth-order valence-electron chi connectivity index (χ4n) is 3.79. The van der Waals surface area contributed by atoms with E-state index in [-0.39, 0.29) is 24.0 Å². The summed E-state index contributed by atoms with van der Waals surface area (Å²) in [5, 5.41) is 8.79. The van der Waals surface area contributed by atoms with Crippen LogP contribution in [0.4, 0.5) is 11.4 Å². The number of hydrogen-bond donors (Lipinski definition) is 3. The minimum atomic E-state index is -0.516. The molecule has 218 valence electrons. The summed E-state index contributed by atoms with van der Waals surface area (Å²) >= 11 is 7.43. The first-order valence-electron chi connectivity index (χ1n) is 13.3. The van der Waals surface area contributed by atoms with Crippen molar-refractivity contribution in [1.82, 2.24) is 5.32 Å². The van der Waals surface area contributed by atoms with Crippen LogP contribution >= 0.6 is 23.4 Å². The van der Waals surface area contributed by atoms with Crippen molar-refractivity contribution < 1.29 is 23.9 Å². The average molecular weight is 614 g/mol. The van der Waals surface area contributed by atoms with Gasteiger partial charge >= 0.3 is 5.97 Å². The van der Waals surface area contributed by atoms with Gasteiger partial charge in [-0.15, -0.1) is 11.8 Å². The van der Waals surface area contributed by atoms with E-state index in [1.807, 2.05) is 0 Å². The second kappa shape index (κ2) is 15.4. The van der Waals surface area contributed by atoms with Gasteiger partial charge in [0, 0.05) is 26.9 Å². The zero-order valence-electron chi connectivity index (χ0n) is 23.1. The Morgan fingerprint density at radius 3 is 2.14 bits per heavy atom. The van der Waals surface area contributed by atoms with E-state index in [4.69, 9.17) is 16.3 Å². The number of halogens is 1. The highest BCUT2D eigenvalue weighted by molar-refractivity contribution is 8.00. The Morgan fingerprint density at radius 1 is 0.791 bits per heavy atom. The van der Waals surface area contributed by atoms with Gasteiger partial charge < -0.3 is 20.7 Å². The Kier molecular flexibility index (Phi) is 11.1. The maximum absolute atomic E-state index is 13.2. The molecule has 0 aliphatic carbocycles. The number of thioether (sulfide) groups is 1. The molecule has 0 heterocycles. The lowest BCUT2D eigenvalue weighted by Crippen LogP contribution is -2.30. The van der Waals surface area contributed by atoms with Gasteiger partial charge in [0.2, 0.25) is 5.91 Å². The SMILES string of the molecule is CCOC(=O)c1ccc(NC(=O)CSc2ccc(NC(=O)/C(=C/c3cccc(Cl)c3)NC(=O)c3ccccc3)cc2)cc1. The van der Waals surface area contributed by atoms with E-state index in [1.165, 1.54) is 11.8 Å². The van der Waals surface area contributed by atoms with Gasteiger partial charge in [-0.2, -0.15) is 0 Å². The van der Waals surface area contributed by atoms with Gasteiger partial charge in [0.15, 0.2) is 0 Å². The van der Waals surface area contributed by atoms with E-state index in [1.54, 1.807) is 116 Å². The monoisotopic (exact) mass is 613 g/mol. The van der Waals surface area contributed by atoms with Gasteiger partial charge in [0.1, 0.15) is 5.70 Å². The third kappa shape index (κ3) is 9.59. The first-order valence-corrected chi connectivity index (χ1v) is 14.6. The Bertz CT molecular complexity index is 1620. The molecule has 0 saturated heterocycles. The Hall–Kier alpha value is -4.86. The van der Waals surface area contributed by atoms with Crippen LogP contribution in [0.3, 0.4) is 0 Å². The largest absolute Gasteiger partial charge is 0.462 e. The molecular weight excluding hydrogens is 586 g/mol. The molecule has 0 saturated carbocycles. The van der Waals surface area contributed by atoms with Crippen LogP contribution in [-0.4, -0.2) is 36.1 Å². The fraction of sp³-hybridized carbons (Fsp3) is 0.0909. The number of esters is 1. The van der Waals surface area contributed by atoms with Crippen molar-refractivity contribution >= 4 is 64.5 Å². The van der Waals surface area contributed by atoms with E-state index in [9.17, 15) is 19.2 Å². The molecule has 43 heavy (non-hydrogen) atoms. The second-order valence-corrected chi connectivity index (χ2v) is 10.5. The standard InChI is InChI=1S/C33H28ClN3O5S/c1-2-42-33(41)24-11-13-26(14-12-24)35-30(38)21-43-28-17-15-27(16-18-28)36-32(40)29(20-22-7-6-10-25(34)19-22)37-31(39)23-8-4-3-5-9-23/h3-20H,2,21H2,1H3,(H,35,38)(H,36,40)(H,37,39)/b29-20-. The van der Waals surface area contributed by atoms with E-state index in [0.717, 1.165) is 4.90 Å². The summed E-state index contributed by atoms with van der Waals surface area (Å²) in [6, 6.07) is 29.0. The number of ether oxygens (including phenoxy) is 1. The van der Waals surface area contributed by atoms with Gasteiger partial charge in [0.25, 0.3) is 11.8 Å². The minimum Gasteiger partial charge on any atom is -0.462 e. The lowest BCUT2D eigenvalue weighted by molar-refractivity contribution is -0.114. The van der Waals surface area contributed by atoms with Gasteiger partial charge in [-0.25, -0.2) is 4.79 Å². The van der Waals surface area contributed by atoms with Crippen molar-refractivity contribution in [2.45, 2.75) is 11.8 Å². The lowest BCUT2D eigenvalue weighted by Gasteiger charge is -2.12. The summed E-state index contributed by atoms with van der Waals surface area (Å²) < 4.78 is 4.96. The summed E-state index contributed by atoms with van der Waals surface area (Å²) in [6.45, 7) is 2.02. The van der Waals surface area contributed by atoms with E-state index in [0.29, 0.717) is 33.1 Å².